The highest BCUT2D eigenvalue weighted by Crippen LogP contribution is 2.20. The Balaban J connectivity index is 2.23. The zero-order valence-corrected chi connectivity index (χ0v) is 9.46. The molecule has 0 fully saturated rings. The van der Waals surface area contributed by atoms with Gasteiger partial charge in [0.1, 0.15) is 5.65 Å². The molecule has 3 rings (SSSR count). The zero-order chi connectivity index (χ0) is 11.7. The van der Waals surface area contributed by atoms with Crippen LogP contribution in [0.15, 0.2) is 48.9 Å². The van der Waals surface area contributed by atoms with Gasteiger partial charge in [-0.05, 0) is 24.3 Å². The van der Waals surface area contributed by atoms with Gasteiger partial charge < -0.3 is 5.32 Å². The van der Waals surface area contributed by atoms with Crippen LogP contribution in [0.5, 0.6) is 0 Å². The summed E-state index contributed by atoms with van der Waals surface area (Å²) < 4.78 is 2.04. The zero-order valence-electron chi connectivity index (χ0n) is 9.46. The van der Waals surface area contributed by atoms with Gasteiger partial charge in [-0.2, -0.15) is 0 Å². The molecular formula is C13H12N4. The summed E-state index contributed by atoms with van der Waals surface area (Å²) in [7, 11) is 1.90. The summed E-state index contributed by atoms with van der Waals surface area (Å²) in [5.41, 5.74) is 3.89. The first-order valence-corrected chi connectivity index (χ1v) is 5.45. The third-order valence-electron chi connectivity index (χ3n) is 2.72. The molecule has 0 saturated carbocycles. The maximum atomic E-state index is 4.37. The highest BCUT2D eigenvalue weighted by atomic mass is 15.0. The van der Waals surface area contributed by atoms with Crippen molar-refractivity contribution in [3.63, 3.8) is 0 Å². The van der Waals surface area contributed by atoms with Crippen molar-refractivity contribution < 1.29 is 0 Å². The molecule has 84 valence electrons. The van der Waals surface area contributed by atoms with Crippen molar-refractivity contribution in [2.45, 2.75) is 0 Å². The lowest BCUT2D eigenvalue weighted by molar-refractivity contribution is 1.16. The first-order valence-electron chi connectivity index (χ1n) is 5.45. The Morgan fingerprint density at radius 3 is 2.82 bits per heavy atom. The molecule has 0 unspecified atom stereocenters. The van der Waals surface area contributed by atoms with Crippen LogP contribution in [-0.2, 0) is 0 Å². The fourth-order valence-electron chi connectivity index (χ4n) is 1.83. The van der Waals surface area contributed by atoms with E-state index in [1.165, 1.54) is 0 Å². The number of fused-ring (bicyclic) bond motifs is 1. The van der Waals surface area contributed by atoms with Crippen molar-refractivity contribution >= 4 is 11.3 Å². The van der Waals surface area contributed by atoms with Crippen LogP contribution in [0.3, 0.4) is 0 Å². The predicted molar refractivity (Wildman–Crippen MR) is 68.0 cm³/mol. The van der Waals surface area contributed by atoms with Crippen LogP contribution in [-0.4, -0.2) is 21.4 Å². The van der Waals surface area contributed by atoms with Gasteiger partial charge >= 0.3 is 0 Å². The quantitative estimate of drug-likeness (QED) is 0.727. The topological polar surface area (TPSA) is 42.2 Å². The molecule has 4 nitrogen and oxygen atoms in total. The summed E-state index contributed by atoms with van der Waals surface area (Å²) in [6, 6.07) is 9.85. The molecule has 0 amide bonds. The van der Waals surface area contributed by atoms with E-state index in [0.717, 1.165) is 22.7 Å². The molecule has 0 aliphatic heterocycles. The smallest absolute Gasteiger partial charge is 0.137 e. The van der Waals surface area contributed by atoms with Crippen LogP contribution in [0.2, 0.25) is 0 Å². The Labute approximate surface area is 99.0 Å². The summed E-state index contributed by atoms with van der Waals surface area (Å²) in [6.07, 6.45) is 5.65. The van der Waals surface area contributed by atoms with Crippen LogP contribution < -0.4 is 5.32 Å². The Morgan fingerprint density at radius 2 is 2.06 bits per heavy atom. The number of pyridine rings is 2. The maximum Gasteiger partial charge on any atom is 0.137 e. The number of hydrogen-bond acceptors (Lipinski definition) is 3. The lowest BCUT2D eigenvalue weighted by Crippen LogP contribution is -1.94. The molecule has 3 aromatic rings. The van der Waals surface area contributed by atoms with E-state index in [0.29, 0.717) is 0 Å². The van der Waals surface area contributed by atoms with Crippen molar-refractivity contribution in [2.75, 3.05) is 12.4 Å². The highest BCUT2D eigenvalue weighted by molar-refractivity contribution is 5.62. The molecule has 0 aliphatic rings. The van der Waals surface area contributed by atoms with Crippen molar-refractivity contribution in [1.29, 1.82) is 0 Å². The molecule has 0 atom stereocenters. The average molecular weight is 224 g/mol. The van der Waals surface area contributed by atoms with Gasteiger partial charge in [0.05, 0.1) is 23.3 Å². The Kier molecular flexibility index (Phi) is 2.26. The van der Waals surface area contributed by atoms with E-state index in [2.05, 4.69) is 15.3 Å². The summed E-state index contributed by atoms with van der Waals surface area (Å²) in [5.74, 6) is 0. The molecular weight excluding hydrogens is 212 g/mol. The number of aromatic nitrogens is 3. The van der Waals surface area contributed by atoms with E-state index in [4.69, 9.17) is 0 Å². The lowest BCUT2D eigenvalue weighted by Gasteiger charge is -2.04. The molecule has 0 saturated heterocycles. The van der Waals surface area contributed by atoms with E-state index in [-0.39, 0.29) is 0 Å². The normalized spacial score (nSPS) is 10.6. The number of hydrogen-bond donors (Lipinski definition) is 1. The lowest BCUT2D eigenvalue weighted by atomic mass is 10.3. The number of rotatable bonds is 2. The minimum atomic E-state index is 0.921. The molecule has 4 heteroatoms. The second-order valence-electron chi connectivity index (χ2n) is 3.75. The molecule has 0 spiro atoms. The van der Waals surface area contributed by atoms with Crippen molar-refractivity contribution in [1.82, 2.24) is 14.4 Å². The van der Waals surface area contributed by atoms with E-state index in [1.807, 2.05) is 54.2 Å². The summed E-state index contributed by atoms with van der Waals surface area (Å²) >= 11 is 0. The minimum Gasteiger partial charge on any atom is -0.387 e. The number of imidazole rings is 1. The summed E-state index contributed by atoms with van der Waals surface area (Å²) in [5, 5.41) is 3.12. The van der Waals surface area contributed by atoms with Crippen molar-refractivity contribution in [2.24, 2.45) is 0 Å². The predicted octanol–water partition coefficient (Wildman–Crippen LogP) is 2.44. The van der Waals surface area contributed by atoms with Gasteiger partial charge in [0.2, 0.25) is 0 Å². The molecule has 0 aromatic carbocycles. The number of nitrogens with one attached hydrogen (secondary N) is 1. The standard InChI is InChI=1S/C13H12N4/c1-14-10-5-6-13-16-8-12(17(13)9-10)11-4-2-3-7-15-11/h2-9,14H,1H3. The van der Waals surface area contributed by atoms with Crippen molar-refractivity contribution in [3.8, 4) is 11.4 Å². The molecule has 0 aliphatic carbocycles. The summed E-state index contributed by atoms with van der Waals surface area (Å²) in [4.78, 5) is 8.71. The van der Waals surface area contributed by atoms with E-state index in [9.17, 15) is 0 Å². The third kappa shape index (κ3) is 1.63. The fraction of sp³-hybridized carbons (Fsp3) is 0.0769. The van der Waals surface area contributed by atoms with Gasteiger partial charge in [0, 0.05) is 19.4 Å². The minimum absolute atomic E-state index is 0.921. The van der Waals surface area contributed by atoms with Gasteiger partial charge in [-0.15, -0.1) is 0 Å². The molecule has 3 heterocycles. The molecule has 3 aromatic heterocycles. The maximum absolute atomic E-state index is 4.37. The number of anilines is 1. The Hall–Kier alpha value is -2.36. The largest absolute Gasteiger partial charge is 0.387 e. The molecule has 17 heavy (non-hydrogen) atoms. The SMILES string of the molecule is CNc1ccc2ncc(-c3ccccn3)n2c1. The number of nitrogens with zero attached hydrogens (tertiary/aromatic N) is 3. The van der Waals surface area contributed by atoms with Crippen LogP contribution in [0.25, 0.3) is 17.0 Å². The third-order valence-corrected chi connectivity index (χ3v) is 2.72. The monoisotopic (exact) mass is 224 g/mol. The van der Waals surface area contributed by atoms with E-state index < -0.39 is 0 Å². The second-order valence-corrected chi connectivity index (χ2v) is 3.75. The van der Waals surface area contributed by atoms with Gasteiger partial charge in [-0.25, -0.2) is 4.98 Å². The van der Waals surface area contributed by atoms with Crippen LogP contribution in [0.4, 0.5) is 5.69 Å². The van der Waals surface area contributed by atoms with Gasteiger partial charge in [0.15, 0.2) is 0 Å². The second kappa shape index (κ2) is 3.90. The van der Waals surface area contributed by atoms with E-state index >= 15 is 0 Å². The van der Waals surface area contributed by atoms with Crippen molar-refractivity contribution in [3.05, 3.63) is 48.9 Å². The molecule has 0 bridgehead atoms. The van der Waals surface area contributed by atoms with Crippen LogP contribution in [0, 0.1) is 0 Å². The first kappa shape index (κ1) is 9.84. The fourth-order valence-corrected chi connectivity index (χ4v) is 1.83. The molecule has 1 N–H and O–H groups in total. The Bertz CT molecular complexity index is 643. The molecule has 0 radical (unpaired) electrons. The summed E-state index contributed by atoms with van der Waals surface area (Å²) in [6.45, 7) is 0. The highest BCUT2D eigenvalue weighted by Gasteiger charge is 2.06. The van der Waals surface area contributed by atoms with E-state index in [1.54, 1.807) is 6.20 Å². The van der Waals surface area contributed by atoms with Gasteiger partial charge in [-0.3, -0.25) is 9.38 Å². The Morgan fingerprint density at radius 1 is 1.12 bits per heavy atom. The van der Waals surface area contributed by atoms with Gasteiger partial charge in [-0.1, -0.05) is 6.07 Å². The van der Waals surface area contributed by atoms with Crippen LogP contribution >= 0.6 is 0 Å². The van der Waals surface area contributed by atoms with Gasteiger partial charge in [0.25, 0.3) is 0 Å². The average Bonchev–Trinajstić information content (AvgIpc) is 2.82. The first-order chi connectivity index (χ1) is 8.38. The van der Waals surface area contributed by atoms with Crippen LogP contribution in [0.1, 0.15) is 0 Å².